The molecule has 29 heavy (non-hydrogen) atoms. The summed E-state index contributed by atoms with van der Waals surface area (Å²) in [7, 11) is 1.61. The summed E-state index contributed by atoms with van der Waals surface area (Å²) in [5.41, 5.74) is 1.85. The van der Waals surface area contributed by atoms with E-state index in [0.717, 1.165) is 38.3 Å². The Morgan fingerprint density at radius 2 is 1.93 bits per heavy atom. The number of aryl methyl sites for hydroxylation is 1. The largest absolute Gasteiger partial charge is 0.507 e. The number of hydrogen-bond acceptors (Lipinski definition) is 5. The highest BCUT2D eigenvalue weighted by molar-refractivity contribution is 6.30. The maximum atomic E-state index is 13.5. The Hall–Kier alpha value is -1.86. The smallest absolute Gasteiger partial charge is 0.259 e. The maximum absolute atomic E-state index is 13.5. The molecule has 0 spiro atoms. The summed E-state index contributed by atoms with van der Waals surface area (Å²) in [6, 6.07) is 8.89. The van der Waals surface area contributed by atoms with Crippen LogP contribution in [0.25, 0.3) is 0 Å². The standard InChI is InChI=1S/C22H30ClN3O3/c1-4-24-8-10-25(11-9-24)21(17-6-5-7-18(23)15-17)20-19(27)14-16(2)26(22(20)28)12-13-29-3/h5-7,14-15,21,27H,4,8-13H2,1-3H3/t21-/m1/s1. The number of hydrogen-bond donors (Lipinski definition) is 1. The van der Waals surface area contributed by atoms with Gasteiger partial charge in [0.1, 0.15) is 5.75 Å². The fourth-order valence-electron chi connectivity index (χ4n) is 4.06. The monoisotopic (exact) mass is 419 g/mol. The van der Waals surface area contributed by atoms with E-state index < -0.39 is 0 Å². The van der Waals surface area contributed by atoms with Gasteiger partial charge in [-0.3, -0.25) is 9.69 Å². The predicted octanol–water partition coefficient (Wildman–Crippen LogP) is 2.89. The van der Waals surface area contributed by atoms with Gasteiger partial charge < -0.3 is 19.3 Å². The lowest BCUT2D eigenvalue weighted by Crippen LogP contribution is -2.48. The second kappa shape index (κ2) is 9.76. The van der Waals surface area contributed by atoms with E-state index in [4.69, 9.17) is 16.3 Å². The first-order valence-corrected chi connectivity index (χ1v) is 10.5. The minimum atomic E-state index is -0.352. The van der Waals surface area contributed by atoms with E-state index in [2.05, 4.69) is 16.7 Å². The first-order valence-electron chi connectivity index (χ1n) is 10.1. The molecule has 2 aromatic rings. The van der Waals surface area contributed by atoms with Crippen LogP contribution in [0.4, 0.5) is 0 Å². The van der Waals surface area contributed by atoms with Crippen molar-refractivity contribution in [2.75, 3.05) is 46.4 Å². The lowest BCUT2D eigenvalue weighted by Gasteiger charge is -2.39. The number of benzene rings is 1. The van der Waals surface area contributed by atoms with Gasteiger partial charge in [-0.05, 0) is 37.2 Å². The van der Waals surface area contributed by atoms with Gasteiger partial charge in [0.15, 0.2) is 0 Å². The van der Waals surface area contributed by atoms with E-state index in [1.807, 2.05) is 31.2 Å². The molecule has 1 atom stereocenters. The minimum Gasteiger partial charge on any atom is -0.507 e. The van der Waals surface area contributed by atoms with Crippen molar-refractivity contribution < 1.29 is 9.84 Å². The normalized spacial score (nSPS) is 16.8. The number of pyridine rings is 1. The van der Waals surface area contributed by atoms with Crippen molar-refractivity contribution in [2.24, 2.45) is 0 Å². The number of nitrogens with zero attached hydrogens (tertiary/aromatic N) is 3. The molecule has 0 bridgehead atoms. The Kier molecular flexibility index (Phi) is 7.35. The zero-order valence-electron chi connectivity index (χ0n) is 17.4. The van der Waals surface area contributed by atoms with Crippen LogP contribution in [-0.2, 0) is 11.3 Å². The van der Waals surface area contributed by atoms with Crippen LogP contribution in [0, 0.1) is 6.92 Å². The van der Waals surface area contributed by atoms with Gasteiger partial charge in [0.2, 0.25) is 0 Å². The molecule has 0 aliphatic carbocycles. The summed E-state index contributed by atoms with van der Waals surface area (Å²) < 4.78 is 6.85. The van der Waals surface area contributed by atoms with Crippen LogP contribution in [0.3, 0.4) is 0 Å². The summed E-state index contributed by atoms with van der Waals surface area (Å²) in [4.78, 5) is 18.1. The van der Waals surface area contributed by atoms with Gasteiger partial charge >= 0.3 is 0 Å². The molecule has 0 radical (unpaired) electrons. The van der Waals surface area contributed by atoms with Crippen molar-refractivity contribution in [3.05, 3.63) is 62.5 Å². The molecule has 1 N–H and O–H groups in total. The van der Waals surface area contributed by atoms with Crippen molar-refractivity contribution in [1.29, 1.82) is 0 Å². The van der Waals surface area contributed by atoms with Gasteiger partial charge in [0.05, 0.1) is 18.2 Å². The second-order valence-corrected chi connectivity index (χ2v) is 7.90. The Morgan fingerprint density at radius 3 is 2.55 bits per heavy atom. The molecule has 6 nitrogen and oxygen atoms in total. The molecule has 0 unspecified atom stereocenters. The van der Waals surface area contributed by atoms with Crippen molar-refractivity contribution in [2.45, 2.75) is 26.4 Å². The second-order valence-electron chi connectivity index (χ2n) is 7.46. The van der Waals surface area contributed by atoms with E-state index in [1.165, 1.54) is 0 Å². The van der Waals surface area contributed by atoms with Crippen LogP contribution < -0.4 is 5.56 Å². The van der Waals surface area contributed by atoms with E-state index in [1.54, 1.807) is 17.7 Å². The molecule has 1 aliphatic rings. The zero-order valence-corrected chi connectivity index (χ0v) is 18.2. The van der Waals surface area contributed by atoms with E-state index in [0.29, 0.717) is 29.4 Å². The number of methoxy groups -OCH3 is 1. The summed E-state index contributed by atoms with van der Waals surface area (Å²) in [6.45, 7) is 9.36. The number of piperazine rings is 1. The molecule has 0 amide bonds. The number of aromatic nitrogens is 1. The zero-order chi connectivity index (χ0) is 21.0. The number of aromatic hydroxyl groups is 1. The van der Waals surface area contributed by atoms with Crippen LogP contribution in [0.5, 0.6) is 5.75 Å². The molecular weight excluding hydrogens is 390 g/mol. The Bertz CT molecular complexity index is 891. The molecule has 158 valence electrons. The summed E-state index contributed by atoms with van der Waals surface area (Å²) >= 11 is 6.28. The van der Waals surface area contributed by atoms with Crippen LogP contribution in [0.1, 0.15) is 29.8 Å². The van der Waals surface area contributed by atoms with Gasteiger partial charge in [0, 0.05) is 50.6 Å². The predicted molar refractivity (Wildman–Crippen MR) is 116 cm³/mol. The van der Waals surface area contributed by atoms with Crippen molar-refractivity contribution in [3.63, 3.8) is 0 Å². The lowest BCUT2D eigenvalue weighted by atomic mass is 9.96. The van der Waals surface area contributed by atoms with E-state index in [-0.39, 0.29) is 17.4 Å². The molecule has 7 heteroatoms. The highest BCUT2D eigenvalue weighted by atomic mass is 35.5. The first kappa shape index (κ1) is 21.8. The molecule has 3 rings (SSSR count). The molecule has 1 aliphatic heterocycles. The van der Waals surface area contributed by atoms with Crippen LogP contribution >= 0.6 is 11.6 Å². The van der Waals surface area contributed by atoms with Gasteiger partial charge in [-0.2, -0.15) is 0 Å². The fourth-order valence-corrected chi connectivity index (χ4v) is 4.26. The summed E-state index contributed by atoms with van der Waals surface area (Å²) in [6.07, 6.45) is 0. The Labute approximate surface area is 177 Å². The SMILES string of the molecule is CCN1CCN([C@H](c2cccc(Cl)c2)c2c(O)cc(C)n(CCOC)c2=O)CC1. The number of halogens is 1. The van der Waals surface area contributed by atoms with Gasteiger partial charge in [-0.1, -0.05) is 30.7 Å². The van der Waals surface area contributed by atoms with Crippen LogP contribution in [0.15, 0.2) is 35.1 Å². The quantitative estimate of drug-likeness (QED) is 0.747. The third-order valence-electron chi connectivity index (χ3n) is 5.70. The lowest BCUT2D eigenvalue weighted by molar-refractivity contribution is 0.111. The highest BCUT2D eigenvalue weighted by Gasteiger charge is 2.31. The number of rotatable bonds is 7. The van der Waals surface area contributed by atoms with Crippen molar-refractivity contribution >= 4 is 11.6 Å². The Morgan fingerprint density at radius 1 is 1.21 bits per heavy atom. The minimum absolute atomic E-state index is 0.0315. The highest BCUT2D eigenvalue weighted by Crippen LogP contribution is 2.34. The molecule has 0 saturated carbocycles. The third kappa shape index (κ3) is 4.83. The fraction of sp³-hybridized carbons (Fsp3) is 0.500. The average Bonchev–Trinajstić information content (AvgIpc) is 2.71. The van der Waals surface area contributed by atoms with Gasteiger partial charge in [-0.15, -0.1) is 0 Å². The molecular formula is C22H30ClN3O3. The van der Waals surface area contributed by atoms with Crippen molar-refractivity contribution in [3.8, 4) is 5.75 Å². The van der Waals surface area contributed by atoms with Crippen LogP contribution in [-0.4, -0.2) is 65.9 Å². The molecule has 2 heterocycles. The summed E-state index contributed by atoms with van der Waals surface area (Å²) in [5, 5.41) is 11.5. The first-order chi connectivity index (χ1) is 14.0. The van der Waals surface area contributed by atoms with Gasteiger partial charge in [-0.25, -0.2) is 0 Å². The summed E-state index contributed by atoms with van der Waals surface area (Å²) in [5.74, 6) is 0.0315. The maximum Gasteiger partial charge on any atom is 0.259 e. The number of likely N-dealkylation sites (N-methyl/N-ethyl adjacent to an activating group) is 1. The van der Waals surface area contributed by atoms with E-state index in [9.17, 15) is 9.90 Å². The molecule has 1 aromatic heterocycles. The Balaban J connectivity index is 2.10. The van der Waals surface area contributed by atoms with Crippen molar-refractivity contribution in [1.82, 2.24) is 14.4 Å². The molecule has 1 aromatic carbocycles. The van der Waals surface area contributed by atoms with Gasteiger partial charge in [0.25, 0.3) is 5.56 Å². The molecule has 1 saturated heterocycles. The van der Waals surface area contributed by atoms with E-state index >= 15 is 0 Å². The third-order valence-corrected chi connectivity index (χ3v) is 5.93. The molecule has 1 fully saturated rings. The average molecular weight is 420 g/mol. The van der Waals surface area contributed by atoms with Crippen LogP contribution in [0.2, 0.25) is 5.02 Å². The number of ether oxygens (including phenoxy) is 1. The topological polar surface area (TPSA) is 57.9 Å².